The SMILES string of the molecule is O=C1CNCCN1Cc1ccc(-c2ccc(F)cc2F)cc1. The second kappa shape index (κ2) is 6.23. The molecule has 0 aromatic heterocycles. The van der Waals surface area contributed by atoms with Gasteiger partial charge in [0.15, 0.2) is 0 Å². The third-order valence-corrected chi connectivity index (χ3v) is 3.76. The van der Waals surface area contributed by atoms with Crippen molar-refractivity contribution in [2.75, 3.05) is 19.6 Å². The van der Waals surface area contributed by atoms with Crippen molar-refractivity contribution in [2.24, 2.45) is 0 Å². The summed E-state index contributed by atoms with van der Waals surface area (Å²) in [6, 6.07) is 10.9. The van der Waals surface area contributed by atoms with Crippen molar-refractivity contribution in [1.82, 2.24) is 10.2 Å². The predicted molar refractivity (Wildman–Crippen MR) is 80.1 cm³/mol. The molecule has 0 aliphatic carbocycles. The van der Waals surface area contributed by atoms with Crippen LogP contribution in [0.5, 0.6) is 0 Å². The zero-order chi connectivity index (χ0) is 15.5. The molecular weight excluding hydrogens is 286 g/mol. The maximum atomic E-state index is 13.8. The first-order valence-corrected chi connectivity index (χ1v) is 7.16. The van der Waals surface area contributed by atoms with E-state index in [4.69, 9.17) is 0 Å². The number of rotatable bonds is 3. The van der Waals surface area contributed by atoms with E-state index in [1.54, 1.807) is 17.0 Å². The lowest BCUT2D eigenvalue weighted by atomic mass is 10.0. The van der Waals surface area contributed by atoms with Crippen LogP contribution in [0.3, 0.4) is 0 Å². The third kappa shape index (κ3) is 3.14. The number of halogens is 2. The maximum absolute atomic E-state index is 13.8. The van der Waals surface area contributed by atoms with Gasteiger partial charge in [-0.1, -0.05) is 24.3 Å². The molecule has 0 atom stereocenters. The Kier molecular flexibility index (Phi) is 4.15. The van der Waals surface area contributed by atoms with Crippen LogP contribution in [0, 0.1) is 11.6 Å². The average Bonchev–Trinajstić information content (AvgIpc) is 2.51. The van der Waals surface area contributed by atoms with Crippen molar-refractivity contribution in [3.8, 4) is 11.1 Å². The van der Waals surface area contributed by atoms with Crippen LogP contribution in [0.15, 0.2) is 42.5 Å². The van der Waals surface area contributed by atoms with Crippen LogP contribution >= 0.6 is 0 Å². The summed E-state index contributed by atoms with van der Waals surface area (Å²) in [5.74, 6) is -1.08. The van der Waals surface area contributed by atoms with Crippen molar-refractivity contribution >= 4 is 5.91 Å². The first-order chi connectivity index (χ1) is 10.6. The van der Waals surface area contributed by atoms with Gasteiger partial charge in [-0.05, 0) is 23.3 Å². The molecule has 1 fully saturated rings. The van der Waals surface area contributed by atoms with E-state index in [1.165, 1.54) is 12.1 Å². The highest BCUT2D eigenvalue weighted by atomic mass is 19.1. The van der Waals surface area contributed by atoms with Crippen molar-refractivity contribution in [1.29, 1.82) is 0 Å². The lowest BCUT2D eigenvalue weighted by Crippen LogP contribution is -2.47. The molecule has 2 aromatic carbocycles. The minimum absolute atomic E-state index is 0.0832. The number of carbonyl (C=O) groups is 1. The summed E-state index contributed by atoms with van der Waals surface area (Å²) in [6.45, 7) is 2.41. The van der Waals surface area contributed by atoms with Gasteiger partial charge < -0.3 is 10.2 Å². The highest BCUT2D eigenvalue weighted by Gasteiger charge is 2.17. The standard InChI is InChI=1S/C17H16F2N2O/c18-14-5-6-15(16(19)9-14)13-3-1-12(2-4-13)11-21-8-7-20-10-17(21)22/h1-6,9,20H,7-8,10-11H2. The summed E-state index contributed by atoms with van der Waals surface area (Å²) < 4.78 is 26.7. The Labute approximate surface area is 127 Å². The number of nitrogens with one attached hydrogen (secondary N) is 1. The van der Waals surface area contributed by atoms with Gasteiger partial charge in [0.2, 0.25) is 5.91 Å². The maximum Gasteiger partial charge on any atom is 0.236 e. The zero-order valence-electron chi connectivity index (χ0n) is 12.0. The van der Waals surface area contributed by atoms with Crippen LogP contribution in [0.4, 0.5) is 8.78 Å². The summed E-state index contributed by atoms with van der Waals surface area (Å²) in [5, 5.41) is 3.03. The van der Waals surface area contributed by atoms with Gasteiger partial charge in [0.25, 0.3) is 0 Å². The minimum Gasteiger partial charge on any atom is -0.336 e. The summed E-state index contributed by atoms with van der Waals surface area (Å²) in [7, 11) is 0. The summed E-state index contributed by atoms with van der Waals surface area (Å²) >= 11 is 0. The Morgan fingerprint density at radius 3 is 2.55 bits per heavy atom. The van der Waals surface area contributed by atoms with Crippen molar-refractivity contribution in [3.63, 3.8) is 0 Å². The van der Waals surface area contributed by atoms with Gasteiger partial charge >= 0.3 is 0 Å². The van der Waals surface area contributed by atoms with Gasteiger partial charge in [0.05, 0.1) is 6.54 Å². The van der Waals surface area contributed by atoms with Crippen molar-refractivity contribution < 1.29 is 13.6 Å². The van der Waals surface area contributed by atoms with E-state index in [-0.39, 0.29) is 5.91 Å². The molecule has 0 radical (unpaired) electrons. The molecule has 3 rings (SSSR count). The molecule has 0 bridgehead atoms. The molecule has 1 aliphatic heterocycles. The molecular formula is C17H16F2N2O. The number of benzene rings is 2. The van der Waals surface area contributed by atoms with E-state index < -0.39 is 11.6 Å². The van der Waals surface area contributed by atoms with Gasteiger partial charge in [-0.25, -0.2) is 8.78 Å². The second-order valence-electron chi connectivity index (χ2n) is 5.31. The average molecular weight is 302 g/mol. The van der Waals surface area contributed by atoms with E-state index in [0.29, 0.717) is 30.8 Å². The lowest BCUT2D eigenvalue weighted by Gasteiger charge is -2.27. The summed E-state index contributed by atoms with van der Waals surface area (Å²) in [4.78, 5) is 13.5. The van der Waals surface area contributed by atoms with E-state index in [0.717, 1.165) is 18.2 Å². The molecule has 0 spiro atoms. The molecule has 1 N–H and O–H groups in total. The number of nitrogens with zero attached hydrogens (tertiary/aromatic N) is 1. The molecule has 5 heteroatoms. The van der Waals surface area contributed by atoms with Gasteiger partial charge in [-0.2, -0.15) is 0 Å². The van der Waals surface area contributed by atoms with Crippen LogP contribution in [0.2, 0.25) is 0 Å². The number of piperazine rings is 1. The Morgan fingerprint density at radius 2 is 1.86 bits per heavy atom. The molecule has 1 saturated heterocycles. The van der Waals surface area contributed by atoms with E-state index in [9.17, 15) is 13.6 Å². The molecule has 0 unspecified atom stereocenters. The van der Waals surface area contributed by atoms with Gasteiger partial charge in [0.1, 0.15) is 11.6 Å². The largest absolute Gasteiger partial charge is 0.336 e. The van der Waals surface area contributed by atoms with Crippen LogP contribution in [-0.4, -0.2) is 30.4 Å². The van der Waals surface area contributed by atoms with Crippen molar-refractivity contribution in [2.45, 2.75) is 6.54 Å². The van der Waals surface area contributed by atoms with Gasteiger partial charge in [-0.15, -0.1) is 0 Å². The molecule has 1 amide bonds. The molecule has 1 aliphatic rings. The second-order valence-corrected chi connectivity index (χ2v) is 5.31. The highest BCUT2D eigenvalue weighted by molar-refractivity contribution is 5.79. The monoisotopic (exact) mass is 302 g/mol. The molecule has 2 aromatic rings. The normalized spacial score (nSPS) is 15.2. The van der Waals surface area contributed by atoms with Gasteiger partial charge in [0, 0.05) is 31.3 Å². The number of hydrogen-bond donors (Lipinski definition) is 1. The Balaban J connectivity index is 1.76. The summed E-state index contributed by atoms with van der Waals surface area (Å²) in [6.07, 6.45) is 0. The smallest absolute Gasteiger partial charge is 0.236 e. The topological polar surface area (TPSA) is 32.3 Å². The fraction of sp³-hybridized carbons (Fsp3) is 0.235. The van der Waals surface area contributed by atoms with E-state index in [1.807, 2.05) is 12.1 Å². The molecule has 114 valence electrons. The first-order valence-electron chi connectivity index (χ1n) is 7.16. The van der Waals surface area contributed by atoms with Crippen molar-refractivity contribution in [3.05, 3.63) is 59.7 Å². The van der Waals surface area contributed by atoms with Crippen LogP contribution in [-0.2, 0) is 11.3 Å². The Morgan fingerprint density at radius 1 is 1.09 bits per heavy atom. The molecule has 3 nitrogen and oxygen atoms in total. The number of carbonyl (C=O) groups excluding carboxylic acids is 1. The third-order valence-electron chi connectivity index (χ3n) is 3.76. The number of hydrogen-bond acceptors (Lipinski definition) is 2. The first kappa shape index (κ1) is 14.7. The van der Waals surface area contributed by atoms with Gasteiger partial charge in [-0.3, -0.25) is 4.79 Å². The van der Waals surface area contributed by atoms with E-state index in [2.05, 4.69) is 5.32 Å². The lowest BCUT2D eigenvalue weighted by molar-refractivity contribution is -0.132. The number of amides is 1. The minimum atomic E-state index is -0.588. The zero-order valence-corrected chi connectivity index (χ0v) is 12.0. The molecule has 1 heterocycles. The van der Waals surface area contributed by atoms with Crippen LogP contribution in [0.25, 0.3) is 11.1 Å². The quantitative estimate of drug-likeness (QED) is 0.945. The molecule has 0 saturated carbocycles. The van der Waals surface area contributed by atoms with Crippen LogP contribution in [0.1, 0.15) is 5.56 Å². The Bertz CT molecular complexity index is 686. The highest BCUT2D eigenvalue weighted by Crippen LogP contribution is 2.24. The summed E-state index contributed by atoms with van der Waals surface area (Å²) in [5.41, 5.74) is 2.04. The Hall–Kier alpha value is -2.27. The van der Waals surface area contributed by atoms with E-state index >= 15 is 0 Å². The predicted octanol–water partition coefficient (Wildman–Crippen LogP) is 2.56. The molecule has 22 heavy (non-hydrogen) atoms. The van der Waals surface area contributed by atoms with Crippen LogP contribution < -0.4 is 5.32 Å². The fourth-order valence-corrected chi connectivity index (χ4v) is 2.55. The fourth-order valence-electron chi connectivity index (χ4n) is 2.55.